The van der Waals surface area contributed by atoms with Crippen molar-refractivity contribution in [1.29, 1.82) is 0 Å². The third-order valence-corrected chi connectivity index (χ3v) is 5.96. The number of carbonyl (C=O) groups is 2. The van der Waals surface area contributed by atoms with Crippen LogP contribution in [0.1, 0.15) is 36.3 Å². The summed E-state index contributed by atoms with van der Waals surface area (Å²) in [5.41, 5.74) is 0.0694. The van der Waals surface area contributed by atoms with Gasteiger partial charge in [0.05, 0.1) is 0 Å². The fourth-order valence-electron chi connectivity index (χ4n) is 4.48. The molecule has 2 aliphatic rings. The van der Waals surface area contributed by atoms with Crippen molar-refractivity contribution < 1.29 is 14.0 Å². The van der Waals surface area contributed by atoms with Gasteiger partial charge in [-0.05, 0) is 30.4 Å². The van der Waals surface area contributed by atoms with Gasteiger partial charge in [0.15, 0.2) is 5.54 Å². The van der Waals surface area contributed by atoms with Crippen LogP contribution < -0.4 is 10.2 Å². The van der Waals surface area contributed by atoms with Crippen LogP contribution in [0.4, 0.5) is 10.8 Å². The number of aromatic nitrogens is 2. The van der Waals surface area contributed by atoms with E-state index in [1.54, 1.807) is 0 Å². The molecular formula is C23H23N5O3. The van der Waals surface area contributed by atoms with E-state index in [4.69, 9.17) is 4.42 Å². The van der Waals surface area contributed by atoms with Crippen molar-refractivity contribution in [2.75, 3.05) is 18.0 Å². The van der Waals surface area contributed by atoms with E-state index in [2.05, 4.69) is 20.4 Å². The summed E-state index contributed by atoms with van der Waals surface area (Å²) >= 11 is 0. The summed E-state index contributed by atoms with van der Waals surface area (Å²) in [6, 6.07) is 18.6. The average molecular weight is 417 g/mol. The zero-order valence-electron chi connectivity index (χ0n) is 17.0. The molecule has 0 bridgehead atoms. The predicted molar refractivity (Wildman–Crippen MR) is 113 cm³/mol. The van der Waals surface area contributed by atoms with Crippen LogP contribution in [0.25, 0.3) is 0 Å². The predicted octanol–water partition coefficient (Wildman–Crippen LogP) is 3.06. The van der Waals surface area contributed by atoms with Crippen molar-refractivity contribution in [2.24, 2.45) is 0 Å². The van der Waals surface area contributed by atoms with E-state index in [0.29, 0.717) is 23.0 Å². The number of benzene rings is 2. The van der Waals surface area contributed by atoms with E-state index in [1.807, 2.05) is 60.7 Å². The summed E-state index contributed by atoms with van der Waals surface area (Å²) < 4.78 is 5.90. The lowest BCUT2D eigenvalue weighted by Gasteiger charge is -2.35. The van der Waals surface area contributed by atoms with E-state index in [-0.39, 0.29) is 6.54 Å². The fraction of sp³-hybridized carbons (Fsp3) is 0.304. The van der Waals surface area contributed by atoms with Gasteiger partial charge >= 0.3 is 12.0 Å². The van der Waals surface area contributed by atoms with E-state index in [1.165, 1.54) is 11.3 Å². The summed E-state index contributed by atoms with van der Waals surface area (Å²) in [5.74, 6) is -0.104. The van der Waals surface area contributed by atoms with Crippen molar-refractivity contribution in [2.45, 2.75) is 31.3 Å². The third-order valence-electron chi connectivity index (χ3n) is 5.96. The van der Waals surface area contributed by atoms with Gasteiger partial charge in [-0.15, -0.1) is 5.10 Å². The molecule has 2 aromatic carbocycles. The third kappa shape index (κ3) is 3.24. The molecule has 0 radical (unpaired) electrons. The Morgan fingerprint density at radius 3 is 2.10 bits per heavy atom. The minimum Gasteiger partial charge on any atom is -0.406 e. The topological polar surface area (TPSA) is 91.6 Å². The number of nitrogens with zero attached hydrogens (tertiary/aromatic N) is 4. The van der Waals surface area contributed by atoms with E-state index >= 15 is 0 Å². The van der Waals surface area contributed by atoms with E-state index < -0.39 is 17.5 Å². The van der Waals surface area contributed by atoms with Crippen molar-refractivity contribution in [3.63, 3.8) is 0 Å². The first kappa shape index (κ1) is 19.3. The monoisotopic (exact) mass is 417 g/mol. The Bertz CT molecular complexity index is 1040. The second kappa shape index (κ2) is 7.86. The standard InChI is InChI=1S/C23H23N5O3/c29-20-23(17-10-4-1-5-11-17,18-12-6-2-7-13-18)28(21(30)24-20)16-19-25-26-22(31-19)27-14-8-3-9-15-27/h1-2,4-7,10-13H,3,8-9,14-16H2,(H,24,29,30). The highest BCUT2D eigenvalue weighted by Gasteiger charge is 2.55. The Morgan fingerprint density at radius 1 is 0.871 bits per heavy atom. The van der Waals surface area contributed by atoms with Gasteiger partial charge in [0.1, 0.15) is 6.54 Å². The largest absolute Gasteiger partial charge is 0.406 e. The van der Waals surface area contributed by atoms with Crippen LogP contribution in [0.3, 0.4) is 0 Å². The van der Waals surface area contributed by atoms with Crippen LogP contribution in [0, 0.1) is 0 Å². The van der Waals surface area contributed by atoms with Crippen molar-refractivity contribution in [1.82, 2.24) is 20.4 Å². The summed E-state index contributed by atoms with van der Waals surface area (Å²) in [6.07, 6.45) is 3.38. The van der Waals surface area contributed by atoms with Gasteiger partial charge in [-0.1, -0.05) is 65.8 Å². The molecule has 2 fully saturated rings. The molecule has 0 aliphatic carbocycles. The highest BCUT2D eigenvalue weighted by atomic mass is 16.4. The molecule has 5 rings (SSSR count). The first-order valence-corrected chi connectivity index (χ1v) is 10.5. The number of nitrogens with one attached hydrogen (secondary N) is 1. The highest BCUT2D eigenvalue weighted by molar-refractivity contribution is 6.09. The number of amides is 3. The van der Waals surface area contributed by atoms with Crippen LogP contribution >= 0.6 is 0 Å². The fourth-order valence-corrected chi connectivity index (χ4v) is 4.48. The Kier molecular flexibility index (Phi) is 4.89. The lowest BCUT2D eigenvalue weighted by Crippen LogP contribution is -2.47. The Morgan fingerprint density at radius 2 is 1.48 bits per heavy atom. The molecule has 0 unspecified atom stereocenters. The Labute approximate surface area is 179 Å². The van der Waals surface area contributed by atoms with Gasteiger partial charge in [-0.3, -0.25) is 15.0 Å². The van der Waals surface area contributed by atoms with Crippen molar-refractivity contribution in [3.8, 4) is 0 Å². The SMILES string of the molecule is O=C1NC(=O)C(c2ccccc2)(c2ccccc2)N1Cc1nnc(N2CCCCC2)o1. The lowest BCUT2D eigenvalue weighted by atomic mass is 9.81. The molecular weight excluding hydrogens is 394 g/mol. The van der Waals surface area contributed by atoms with E-state index in [9.17, 15) is 9.59 Å². The molecule has 31 heavy (non-hydrogen) atoms. The number of rotatable bonds is 5. The van der Waals surface area contributed by atoms with Crippen LogP contribution in [0.15, 0.2) is 65.1 Å². The molecule has 1 N–H and O–H groups in total. The van der Waals surface area contributed by atoms with Crippen molar-refractivity contribution >= 4 is 18.0 Å². The molecule has 158 valence electrons. The maximum atomic E-state index is 13.3. The summed E-state index contributed by atoms with van der Waals surface area (Å²) in [5, 5.41) is 10.9. The van der Waals surface area contributed by atoms with Crippen LogP contribution in [-0.4, -0.2) is 40.1 Å². The zero-order valence-corrected chi connectivity index (χ0v) is 17.0. The first-order valence-electron chi connectivity index (χ1n) is 10.5. The van der Waals surface area contributed by atoms with Gasteiger partial charge in [-0.2, -0.15) is 0 Å². The molecule has 0 atom stereocenters. The van der Waals surface area contributed by atoms with Gasteiger partial charge in [0.25, 0.3) is 5.91 Å². The number of urea groups is 1. The summed E-state index contributed by atoms with van der Waals surface area (Å²) in [6.45, 7) is 1.77. The second-order valence-corrected chi connectivity index (χ2v) is 7.81. The van der Waals surface area contributed by atoms with Crippen LogP contribution in [-0.2, 0) is 16.9 Å². The number of carbonyl (C=O) groups excluding carboxylic acids is 2. The van der Waals surface area contributed by atoms with E-state index in [0.717, 1.165) is 25.9 Å². The molecule has 0 saturated carbocycles. The minimum atomic E-state index is -1.32. The number of imide groups is 1. The Balaban J connectivity index is 1.55. The normalized spacial score (nSPS) is 18.3. The zero-order chi connectivity index (χ0) is 21.3. The molecule has 8 heteroatoms. The summed E-state index contributed by atoms with van der Waals surface area (Å²) in [4.78, 5) is 29.8. The van der Waals surface area contributed by atoms with Gasteiger partial charge in [0.2, 0.25) is 5.89 Å². The van der Waals surface area contributed by atoms with Gasteiger partial charge in [0, 0.05) is 13.1 Å². The van der Waals surface area contributed by atoms with Crippen LogP contribution in [0.5, 0.6) is 0 Å². The maximum Gasteiger partial charge on any atom is 0.326 e. The summed E-state index contributed by atoms with van der Waals surface area (Å²) in [7, 11) is 0. The molecule has 2 aliphatic heterocycles. The van der Waals surface area contributed by atoms with Gasteiger partial charge < -0.3 is 9.32 Å². The second-order valence-electron chi connectivity index (χ2n) is 7.81. The van der Waals surface area contributed by atoms with Crippen LogP contribution in [0.2, 0.25) is 0 Å². The molecule has 3 aromatic rings. The smallest absolute Gasteiger partial charge is 0.326 e. The number of hydrogen-bond donors (Lipinski definition) is 1. The number of hydrogen-bond acceptors (Lipinski definition) is 6. The maximum absolute atomic E-state index is 13.3. The molecule has 2 saturated heterocycles. The average Bonchev–Trinajstić information content (AvgIpc) is 3.39. The molecule has 0 spiro atoms. The number of piperidine rings is 1. The minimum absolute atomic E-state index is 0.0161. The highest BCUT2D eigenvalue weighted by Crippen LogP contribution is 2.40. The quantitative estimate of drug-likeness (QED) is 0.642. The molecule has 1 aromatic heterocycles. The number of anilines is 1. The lowest BCUT2D eigenvalue weighted by molar-refractivity contribution is -0.125. The first-order chi connectivity index (χ1) is 15.2. The molecule has 8 nitrogen and oxygen atoms in total. The van der Waals surface area contributed by atoms with Crippen molar-refractivity contribution in [3.05, 3.63) is 77.7 Å². The molecule has 3 heterocycles. The molecule has 3 amide bonds. The van der Waals surface area contributed by atoms with Gasteiger partial charge in [-0.25, -0.2) is 4.79 Å². The Hall–Kier alpha value is -3.68.